The lowest BCUT2D eigenvalue weighted by Gasteiger charge is -2.19. The molecule has 1 aromatic rings. The number of hydrogen-bond donors (Lipinski definition) is 1. The average Bonchev–Trinajstić information content (AvgIpc) is 2.74. The number of nitrogens with zero attached hydrogens (tertiary/aromatic N) is 2. The van der Waals surface area contributed by atoms with Gasteiger partial charge in [-0.25, -0.2) is 4.98 Å². The van der Waals surface area contributed by atoms with Crippen molar-refractivity contribution in [3.8, 4) is 0 Å². The lowest BCUT2D eigenvalue weighted by Crippen LogP contribution is -2.37. The van der Waals surface area contributed by atoms with Crippen LogP contribution in [0.4, 0.5) is 0 Å². The molecular weight excluding hydrogens is 214 g/mol. The summed E-state index contributed by atoms with van der Waals surface area (Å²) in [7, 11) is 1.75. The smallest absolute Gasteiger partial charge is 0.108 e. The predicted octanol–water partition coefficient (Wildman–Crippen LogP) is 1.85. The molecule has 98 valence electrons. The Hall–Kier alpha value is -0.870. The third-order valence-electron chi connectivity index (χ3n) is 2.74. The van der Waals surface area contributed by atoms with Crippen LogP contribution in [0, 0.1) is 0 Å². The minimum absolute atomic E-state index is 0.366. The van der Waals surface area contributed by atoms with Crippen LogP contribution < -0.4 is 5.32 Å². The van der Waals surface area contributed by atoms with Crippen LogP contribution >= 0.6 is 0 Å². The molecule has 0 radical (unpaired) electrons. The van der Waals surface area contributed by atoms with E-state index in [1.165, 1.54) is 5.82 Å². The van der Waals surface area contributed by atoms with E-state index in [9.17, 15) is 0 Å². The fraction of sp³-hybridized carbons (Fsp3) is 0.769. The van der Waals surface area contributed by atoms with Gasteiger partial charge in [-0.05, 0) is 19.4 Å². The Labute approximate surface area is 104 Å². The summed E-state index contributed by atoms with van der Waals surface area (Å²) in [6.07, 6.45) is 7.26. The monoisotopic (exact) mass is 239 g/mol. The summed E-state index contributed by atoms with van der Waals surface area (Å²) in [5.41, 5.74) is 0. The van der Waals surface area contributed by atoms with Gasteiger partial charge in [-0.15, -0.1) is 0 Å². The summed E-state index contributed by atoms with van der Waals surface area (Å²) < 4.78 is 7.49. The second-order valence-corrected chi connectivity index (χ2v) is 4.35. The van der Waals surface area contributed by atoms with Crippen molar-refractivity contribution in [2.75, 3.05) is 20.3 Å². The first kappa shape index (κ1) is 14.2. The van der Waals surface area contributed by atoms with E-state index in [4.69, 9.17) is 4.74 Å². The molecule has 1 heterocycles. The van der Waals surface area contributed by atoms with E-state index in [0.29, 0.717) is 6.04 Å². The van der Waals surface area contributed by atoms with Crippen LogP contribution in [0.1, 0.15) is 32.5 Å². The zero-order valence-corrected chi connectivity index (χ0v) is 11.3. The Balaban J connectivity index is 2.54. The van der Waals surface area contributed by atoms with Crippen molar-refractivity contribution in [2.45, 2.75) is 45.7 Å². The Morgan fingerprint density at radius 2 is 2.24 bits per heavy atom. The molecule has 1 rings (SSSR count). The molecule has 0 spiro atoms. The molecule has 0 saturated heterocycles. The normalized spacial score (nSPS) is 12.9. The van der Waals surface area contributed by atoms with Gasteiger partial charge >= 0.3 is 0 Å². The minimum atomic E-state index is 0.366. The van der Waals surface area contributed by atoms with Gasteiger partial charge in [0.1, 0.15) is 5.82 Å². The van der Waals surface area contributed by atoms with E-state index < -0.39 is 0 Å². The molecule has 0 aromatic carbocycles. The van der Waals surface area contributed by atoms with Gasteiger partial charge in [-0.2, -0.15) is 0 Å². The van der Waals surface area contributed by atoms with Crippen molar-refractivity contribution in [3.63, 3.8) is 0 Å². The maximum atomic E-state index is 5.25. The van der Waals surface area contributed by atoms with Crippen LogP contribution in [-0.4, -0.2) is 35.9 Å². The van der Waals surface area contributed by atoms with Gasteiger partial charge in [0, 0.05) is 38.5 Å². The standard InChI is InChI=1S/C13H25N3O/c1-4-6-13-15-8-9-16(13)10-12(11-17-3)14-7-5-2/h8-9,12,14H,4-7,10-11H2,1-3H3. The zero-order valence-electron chi connectivity index (χ0n) is 11.3. The first-order valence-corrected chi connectivity index (χ1v) is 6.54. The van der Waals surface area contributed by atoms with E-state index in [1.807, 2.05) is 6.20 Å². The molecule has 1 atom stereocenters. The number of aryl methyl sites for hydroxylation is 1. The Kier molecular flexibility index (Phi) is 6.89. The number of methoxy groups -OCH3 is 1. The maximum Gasteiger partial charge on any atom is 0.108 e. The Bertz CT molecular complexity index is 299. The molecule has 1 aromatic heterocycles. The molecule has 0 saturated carbocycles. The quantitative estimate of drug-likeness (QED) is 0.715. The van der Waals surface area contributed by atoms with Crippen LogP contribution in [0.15, 0.2) is 12.4 Å². The van der Waals surface area contributed by atoms with Crippen molar-refractivity contribution < 1.29 is 4.74 Å². The number of aromatic nitrogens is 2. The van der Waals surface area contributed by atoms with Gasteiger partial charge in [0.2, 0.25) is 0 Å². The van der Waals surface area contributed by atoms with E-state index in [1.54, 1.807) is 7.11 Å². The molecular formula is C13H25N3O. The fourth-order valence-corrected chi connectivity index (χ4v) is 1.92. The highest BCUT2D eigenvalue weighted by Gasteiger charge is 2.10. The van der Waals surface area contributed by atoms with Crippen LogP contribution in [0.2, 0.25) is 0 Å². The van der Waals surface area contributed by atoms with Gasteiger partial charge < -0.3 is 14.6 Å². The van der Waals surface area contributed by atoms with E-state index >= 15 is 0 Å². The number of imidazole rings is 1. The molecule has 1 unspecified atom stereocenters. The minimum Gasteiger partial charge on any atom is -0.383 e. The third-order valence-corrected chi connectivity index (χ3v) is 2.74. The summed E-state index contributed by atoms with van der Waals surface area (Å²) in [6, 6.07) is 0.366. The van der Waals surface area contributed by atoms with Crippen LogP contribution in [0.25, 0.3) is 0 Å². The first-order valence-electron chi connectivity index (χ1n) is 6.54. The van der Waals surface area contributed by atoms with Crippen molar-refractivity contribution >= 4 is 0 Å². The van der Waals surface area contributed by atoms with Gasteiger partial charge in [0.05, 0.1) is 6.61 Å². The summed E-state index contributed by atoms with van der Waals surface area (Å²) in [5, 5.41) is 3.50. The maximum absolute atomic E-state index is 5.25. The van der Waals surface area contributed by atoms with Gasteiger partial charge in [0.15, 0.2) is 0 Å². The second kappa shape index (κ2) is 8.25. The lowest BCUT2D eigenvalue weighted by molar-refractivity contribution is 0.158. The van der Waals surface area contributed by atoms with Crippen molar-refractivity contribution in [3.05, 3.63) is 18.2 Å². The molecule has 0 aliphatic heterocycles. The number of ether oxygens (including phenoxy) is 1. The summed E-state index contributed by atoms with van der Waals surface area (Å²) >= 11 is 0. The van der Waals surface area contributed by atoms with Gasteiger partial charge in [0.25, 0.3) is 0 Å². The van der Waals surface area contributed by atoms with Crippen molar-refractivity contribution in [1.29, 1.82) is 0 Å². The molecule has 0 amide bonds. The number of rotatable bonds is 9. The van der Waals surface area contributed by atoms with E-state index in [2.05, 4.69) is 34.9 Å². The Morgan fingerprint density at radius 1 is 1.41 bits per heavy atom. The number of hydrogen-bond acceptors (Lipinski definition) is 3. The highest BCUT2D eigenvalue weighted by molar-refractivity contribution is 4.93. The predicted molar refractivity (Wildman–Crippen MR) is 70.2 cm³/mol. The largest absolute Gasteiger partial charge is 0.383 e. The third kappa shape index (κ3) is 4.88. The summed E-state index contributed by atoms with van der Waals surface area (Å²) in [5.74, 6) is 1.17. The van der Waals surface area contributed by atoms with Crippen LogP contribution in [0.5, 0.6) is 0 Å². The van der Waals surface area contributed by atoms with Gasteiger partial charge in [-0.1, -0.05) is 13.8 Å². The second-order valence-electron chi connectivity index (χ2n) is 4.35. The molecule has 4 heteroatoms. The van der Waals surface area contributed by atoms with Gasteiger partial charge in [-0.3, -0.25) is 0 Å². The Morgan fingerprint density at radius 3 is 2.88 bits per heavy atom. The van der Waals surface area contributed by atoms with Crippen LogP contribution in [-0.2, 0) is 17.7 Å². The summed E-state index contributed by atoms with van der Waals surface area (Å²) in [4.78, 5) is 4.39. The topological polar surface area (TPSA) is 39.1 Å². The fourth-order valence-electron chi connectivity index (χ4n) is 1.92. The van der Waals surface area contributed by atoms with Crippen molar-refractivity contribution in [1.82, 2.24) is 14.9 Å². The molecule has 1 N–H and O–H groups in total. The number of nitrogens with one attached hydrogen (secondary N) is 1. The highest BCUT2D eigenvalue weighted by atomic mass is 16.5. The molecule has 17 heavy (non-hydrogen) atoms. The molecule has 4 nitrogen and oxygen atoms in total. The molecule has 0 aliphatic carbocycles. The highest BCUT2D eigenvalue weighted by Crippen LogP contribution is 2.03. The molecule has 0 aliphatic rings. The van der Waals surface area contributed by atoms with E-state index in [0.717, 1.165) is 39.0 Å². The van der Waals surface area contributed by atoms with Crippen LogP contribution in [0.3, 0.4) is 0 Å². The SMILES string of the molecule is CCCNC(COC)Cn1ccnc1CCC. The zero-order chi connectivity index (χ0) is 12.5. The average molecular weight is 239 g/mol. The van der Waals surface area contributed by atoms with E-state index in [-0.39, 0.29) is 0 Å². The molecule has 0 bridgehead atoms. The first-order chi connectivity index (χ1) is 8.31. The lowest BCUT2D eigenvalue weighted by atomic mass is 10.2. The molecule has 0 fully saturated rings. The summed E-state index contributed by atoms with van der Waals surface area (Å²) in [6.45, 7) is 7.07. The van der Waals surface area contributed by atoms with Crippen molar-refractivity contribution in [2.24, 2.45) is 0 Å².